The molecule has 0 bridgehead atoms. The van der Waals surface area contributed by atoms with E-state index in [0.717, 1.165) is 23.4 Å². The monoisotopic (exact) mass is 414 g/mol. The number of anilines is 1. The summed E-state index contributed by atoms with van der Waals surface area (Å²) in [5.41, 5.74) is 1.86. The van der Waals surface area contributed by atoms with Gasteiger partial charge in [0, 0.05) is 39.9 Å². The molecule has 1 aliphatic rings. The summed E-state index contributed by atoms with van der Waals surface area (Å²) in [6, 6.07) is 5.88. The molecule has 9 nitrogen and oxygen atoms in total. The Morgan fingerprint density at radius 3 is 2.77 bits per heavy atom. The largest absolute Gasteiger partial charge is 0.493 e. The molecule has 1 aromatic carbocycles. The van der Waals surface area contributed by atoms with Gasteiger partial charge in [-0.25, -0.2) is 0 Å². The number of rotatable bonds is 7. The number of piperazine rings is 1. The number of aromatic nitrogens is 2. The molecule has 162 valence electrons. The van der Waals surface area contributed by atoms with Crippen LogP contribution in [-0.4, -0.2) is 66.9 Å². The van der Waals surface area contributed by atoms with Gasteiger partial charge in [-0.15, -0.1) is 0 Å². The van der Waals surface area contributed by atoms with Crippen molar-refractivity contribution >= 4 is 17.6 Å². The summed E-state index contributed by atoms with van der Waals surface area (Å²) in [6.07, 6.45) is 4.50. The molecule has 1 aromatic heterocycles. The smallest absolute Gasteiger partial charge is 0.246 e. The third kappa shape index (κ3) is 5.03. The average Bonchev–Trinajstić information content (AvgIpc) is 3.19. The Labute approximate surface area is 177 Å². The molecule has 0 radical (unpaired) electrons. The van der Waals surface area contributed by atoms with Gasteiger partial charge in [0.25, 0.3) is 0 Å². The fraction of sp³-hybridized carbons (Fsp3) is 0.476. The third-order valence-electron chi connectivity index (χ3n) is 4.88. The number of carbonyl (C=O) groups is 1. The number of aryl methyl sites for hydroxylation is 1. The Morgan fingerprint density at radius 2 is 2.13 bits per heavy atom. The van der Waals surface area contributed by atoms with Gasteiger partial charge >= 0.3 is 0 Å². The van der Waals surface area contributed by atoms with E-state index >= 15 is 0 Å². The van der Waals surface area contributed by atoms with Gasteiger partial charge in [0.05, 0.1) is 25.6 Å². The summed E-state index contributed by atoms with van der Waals surface area (Å²) in [7, 11) is 5.20. The molecular formula is C21H30N6O3. The van der Waals surface area contributed by atoms with Crippen molar-refractivity contribution in [1.82, 2.24) is 20.0 Å². The first-order chi connectivity index (χ1) is 14.5. The van der Waals surface area contributed by atoms with E-state index in [0.29, 0.717) is 38.0 Å². The molecule has 3 rings (SSSR count). The minimum atomic E-state index is 0.0243. The van der Waals surface area contributed by atoms with E-state index in [-0.39, 0.29) is 12.5 Å². The number of nitrogens with zero attached hydrogens (tertiary/aromatic N) is 5. The van der Waals surface area contributed by atoms with E-state index < -0.39 is 0 Å². The summed E-state index contributed by atoms with van der Waals surface area (Å²) >= 11 is 0. The maximum atomic E-state index is 12.7. The fourth-order valence-electron chi connectivity index (χ4n) is 3.34. The van der Waals surface area contributed by atoms with Gasteiger partial charge in [-0.2, -0.15) is 5.10 Å². The van der Waals surface area contributed by atoms with Gasteiger partial charge in [0.2, 0.25) is 5.91 Å². The highest BCUT2D eigenvalue weighted by Crippen LogP contribution is 2.28. The first-order valence-corrected chi connectivity index (χ1v) is 10.1. The van der Waals surface area contributed by atoms with Crippen molar-refractivity contribution in [3.8, 4) is 11.5 Å². The van der Waals surface area contributed by atoms with Gasteiger partial charge in [0.1, 0.15) is 6.54 Å². The molecule has 1 aliphatic heterocycles. The second-order valence-electron chi connectivity index (χ2n) is 7.07. The summed E-state index contributed by atoms with van der Waals surface area (Å²) in [6.45, 7) is 4.82. The van der Waals surface area contributed by atoms with Crippen molar-refractivity contribution in [2.24, 2.45) is 12.0 Å². The zero-order valence-corrected chi connectivity index (χ0v) is 18.1. The van der Waals surface area contributed by atoms with Gasteiger partial charge in [0.15, 0.2) is 17.5 Å². The van der Waals surface area contributed by atoms with Crippen LogP contribution >= 0.6 is 0 Å². The highest BCUT2D eigenvalue weighted by molar-refractivity contribution is 5.98. The Kier molecular flexibility index (Phi) is 7.16. The fourth-order valence-corrected chi connectivity index (χ4v) is 3.34. The Morgan fingerprint density at radius 1 is 1.30 bits per heavy atom. The lowest BCUT2D eigenvalue weighted by molar-refractivity contribution is -0.120. The van der Waals surface area contributed by atoms with E-state index in [1.54, 1.807) is 29.9 Å². The van der Waals surface area contributed by atoms with E-state index in [1.807, 2.05) is 36.3 Å². The highest BCUT2D eigenvalue weighted by Gasteiger charge is 2.27. The molecule has 2 heterocycles. The number of methoxy groups -OCH3 is 1. The van der Waals surface area contributed by atoms with Crippen LogP contribution in [0.5, 0.6) is 11.5 Å². The van der Waals surface area contributed by atoms with Crippen LogP contribution in [0.3, 0.4) is 0 Å². The van der Waals surface area contributed by atoms with E-state index in [9.17, 15) is 4.79 Å². The lowest BCUT2D eigenvalue weighted by atomic mass is 10.2. The first kappa shape index (κ1) is 21.5. The summed E-state index contributed by atoms with van der Waals surface area (Å²) in [5.74, 6) is 2.17. The van der Waals surface area contributed by atoms with Crippen molar-refractivity contribution in [3.05, 3.63) is 36.2 Å². The molecule has 1 saturated heterocycles. The normalized spacial score (nSPS) is 14.8. The standard InChI is InChI=1S/C21H30N6O3/c1-5-10-30-18-7-6-16(11-19(18)29-4)12-23-21(22-2)26-8-9-27(20(28)15-26)17-13-24-25(3)14-17/h6-7,11,13-14H,5,8-10,12,15H2,1-4H3,(H,22,23). The quantitative estimate of drug-likeness (QED) is 0.548. The Balaban J connectivity index is 1.59. The minimum absolute atomic E-state index is 0.0243. The van der Waals surface area contributed by atoms with Crippen molar-refractivity contribution in [2.75, 3.05) is 45.3 Å². The summed E-state index contributed by atoms with van der Waals surface area (Å²) in [4.78, 5) is 20.7. The molecule has 1 N–H and O–H groups in total. The Bertz CT molecular complexity index is 895. The molecule has 0 atom stereocenters. The van der Waals surface area contributed by atoms with Gasteiger partial charge in [-0.05, 0) is 24.1 Å². The van der Waals surface area contributed by atoms with E-state index in [4.69, 9.17) is 9.47 Å². The van der Waals surface area contributed by atoms with Crippen LogP contribution in [0.4, 0.5) is 5.69 Å². The summed E-state index contributed by atoms with van der Waals surface area (Å²) < 4.78 is 12.9. The molecule has 0 saturated carbocycles. The number of amides is 1. The molecule has 0 aliphatic carbocycles. The second kappa shape index (κ2) is 10.00. The van der Waals surface area contributed by atoms with Crippen LogP contribution in [0.1, 0.15) is 18.9 Å². The van der Waals surface area contributed by atoms with Crippen LogP contribution in [0.2, 0.25) is 0 Å². The zero-order chi connectivity index (χ0) is 21.5. The van der Waals surface area contributed by atoms with Crippen LogP contribution in [0.25, 0.3) is 0 Å². The zero-order valence-electron chi connectivity index (χ0n) is 18.1. The summed E-state index contributed by atoms with van der Waals surface area (Å²) in [5, 5.41) is 7.49. The van der Waals surface area contributed by atoms with Gasteiger partial charge < -0.3 is 24.6 Å². The van der Waals surface area contributed by atoms with Crippen molar-refractivity contribution in [2.45, 2.75) is 19.9 Å². The molecule has 1 amide bonds. The van der Waals surface area contributed by atoms with Crippen molar-refractivity contribution in [3.63, 3.8) is 0 Å². The highest BCUT2D eigenvalue weighted by atomic mass is 16.5. The number of aliphatic imine (C=N–C) groups is 1. The third-order valence-corrected chi connectivity index (χ3v) is 4.88. The number of ether oxygens (including phenoxy) is 2. The van der Waals surface area contributed by atoms with E-state index in [2.05, 4.69) is 22.3 Å². The number of nitrogens with one attached hydrogen (secondary N) is 1. The molecule has 1 fully saturated rings. The SMILES string of the molecule is CCCOc1ccc(CNC(=NC)N2CCN(c3cnn(C)c3)C(=O)C2)cc1OC. The van der Waals surface area contributed by atoms with Crippen LogP contribution in [-0.2, 0) is 18.4 Å². The van der Waals surface area contributed by atoms with Crippen molar-refractivity contribution in [1.29, 1.82) is 0 Å². The van der Waals surface area contributed by atoms with Gasteiger partial charge in [-0.1, -0.05) is 13.0 Å². The van der Waals surface area contributed by atoms with Crippen LogP contribution in [0, 0.1) is 0 Å². The number of hydrogen-bond donors (Lipinski definition) is 1. The molecule has 0 unspecified atom stereocenters. The lowest BCUT2D eigenvalue weighted by Crippen LogP contribution is -2.55. The maximum absolute atomic E-state index is 12.7. The molecular weight excluding hydrogens is 384 g/mol. The molecule has 0 spiro atoms. The number of hydrogen-bond acceptors (Lipinski definition) is 5. The molecule has 30 heavy (non-hydrogen) atoms. The van der Waals surface area contributed by atoms with E-state index in [1.165, 1.54) is 0 Å². The average molecular weight is 415 g/mol. The molecule has 2 aromatic rings. The number of carbonyl (C=O) groups excluding carboxylic acids is 1. The van der Waals surface area contributed by atoms with Crippen LogP contribution < -0.4 is 19.7 Å². The maximum Gasteiger partial charge on any atom is 0.246 e. The number of benzene rings is 1. The van der Waals surface area contributed by atoms with Gasteiger partial charge in [-0.3, -0.25) is 14.5 Å². The predicted octanol–water partition coefficient (Wildman–Crippen LogP) is 1.64. The predicted molar refractivity (Wildman–Crippen MR) is 116 cm³/mol. The van der Waals surface area contributed by atoms with Crippen LogP contribution in [0.15, 0.2) is 35.6 Å². The molecule has 9 heteroatoms. The lowest BCUT2D eigenvalue weighted by Gasteiger charge is -2.35. The first-order valence-electron chi connectivity index (χ1n) is 10.1. The number of guanidine groups is 1. The minimum Gasteiger partial charge on any atom is -0.493 e. The second-order valence-corrected chi connectivity index (χ2v) is 7.07. The Hall–Kier alpha value is -3.23. The topological polar surface area (TPSA) is 84.2 Å². The van der Waals surface area contributed by atoms with Crippen molar-refractivity contribution < 1.29 is 14.3 Å².